The van der Waals surface area contributed by atoms with Crippen molar-refractivity contribution in [1.29, 1.82) is 0 Å². The van der Waals surface area contributed by atoms with Gasteiger partial charge in [-0.3, -0.25) is 19.2 Å². The van der Waals surface area contributed by atoms with Crippen molar-refractivity contribution in [1.82, 2.24) is 21.3 Å². The second-order valence-corrected chi connectivity index (χ2v) is 11.9. The van der Waals surface area contributed by atoms with E-state index in [2.05, 4.69) is 21.3 Å². The van der Waals surface area contributed by atoms with Crippen molar-refractivity contribution in [2.75, 3.05) is 11.5 Å². The zero-order valence-electron chi connectivity index (χ0n) is 21.3. The fourth-order valence-electron chi connectivity index (χ4n) is 3.50. The number of esters is 1. The highest BCUT2D eigenvalue weighted by Crippen LogP contribution is 2.24. The van der Waals surface area contributed by atoms with Crippen molar-refractivity contribution in [3.63, 3.8) is 0 Å². The molecule has 2 rings (SSSR count). The number of hydrogen-bond donors (Lipinski definition) is 4. The first kappa shape index (κ1) is 29.8. The topological polar surface area (TPSA) is 143 Å². The minimum Gasteiger partial charge on any atom is -0.456 e. The van der Waals surface area contributed by atoms with Crippen molar-refractivity contribution in [2.45, 2.75) is 71.7 Å². The lowest BCUT2D eigenvalue weighted by atomic mass is 10.0. The predicted molar refractivity (Wildman–Crippen MR) is 141 cm³/mol. The minimum atomic E-state index is -1.00. The molecule has 2 heterocycles. The molecule has 4 atom stereocenters. The smallest absolute Gasteiger partial charge is 0.329 e. The predicted octanol–water partition coefficient (Wildman–Crippen LogP) is 1.43. The maximum Gasteiger partial charge on any atom is 0.329 e. The number of carbonyl (C=O) groups is 5. The summed E-state index contributed by atoms with van der Waals surface area (Å²) in [6.45, 7) is 8.66. The molecule has 2 aliphatic heterocycles. The Morgan fingerprint density at radius 3 is 2.28 bits per heavy atom. The molecule has 0 aromatic rings. The van der Waals surface area contributed by atoms with Gasteiger partial charge < -0.3 is 26.0 Å². The number of ether oxygens (including phenoxy) is 1. The third-order valence-corrected chi connectivity index (χ3v) is 8.03. The highest BCUT2D eigenvalue weighted by atomic mass is 33.1. The molecule has 10 nitrogen and oxygen atoms in total. The lowest BCUT2D eigenvalue weighted by Gasteiger charge is -2.27. The van der Waals surface area contributed by atoms with Gasteiger partial charge in [0, 0.05) is 11.5 Å². The average Bonchev–Trinajstić information content (AvgIpc) is 2.81. The lowest BCUT2D eigenvalue weighted by Crippen LogP contribution is -2.57. The van der Waals surface area contributed by atoms with E-state index in [1.807, 2.05) is 6.08 Å². The van der Waals surface area contributed by atoms with Crippen molar-refractivity contribution in [3.05, 3.63) is 23.9 Å². The van der Waals surface area contributed by atoms with Gasteiger partial charge in [0.2, 0.25) is 17.7 Å². The molecule has 2 unspecified atom stereocenters. The number of allylic oxidation sites excluding steroid dienone is 2. The van der Waals surface area contributed by atoms with Gasteiger partial charge in [-0.05, 0) is 31.3 Å². The maximum absolute atomic E-state index is 13.2. The monoisotopic (exact) mass is 540 g/mol. The second kappa shape index (κ2) is 14.3. The van der Waals surface area contributed by atoms with Crippen LogP contribution in [0.5, 0.6) is 0 Å². The standard InChI is InChI=1S/C24H36N4O6S2/c1-6-16-21(30)28-20(14(4)5)24(33)34-15-9-7-8-10-35-36-12-17(22(31)25-16)26-23(32)19(13(2)3)27-18(29)11-15/h6-7,9,13-15,17,19-20H,8,10-12H2,1-5H3,(H,25,31)(H,26,32)(H,27,29)(H,28,30)/t15-,17?,19?,20+/m1/s1. The molecule has 0 radical (unpaired) electrons. The molecule has 1 saturated heterocycles. The summed E-state index contributed by atoms with van der Waals surface area (Å²) in [5, 5.41) is 10.7. The molecule has 0 spiro atoms. The fraction of sp³-hybridized carbons (Fsp3) is 0.625. The van der Waals surface area contributed by atoms with Crippen LogP contribution in [0.3, 0.4) is 0 Å². The van der Waals surface area contributed by atoms with E-state index >= 15 is 0 Å². The van der Waals surface area contributed by atoms with Crippen LogP contribution in [0.4, 0.5) is 0 Å². The Kier molecular flexibility index (Phi) is 11.8. The van der Waals surface area contributed by atoms with Gasteiger partial charge in [0.1, 0.15) is 29.9 Å². The third-order valence-electron chi connectivity index (χ3n) is 5.59. The van der Waals surface area contributed by atoms with E-state index in [1.54, 1.807) is 40.7 Å². The van der Waals surface area contributed by atoms with Gasteiger partial charge in [-0.25, -0.2) is 4.79 Å². The van der Waals surface area contributed by atoms with Crippen molar-refractivity contribution in [3.8, 4) is 0 Å². The van der Waals surface area contributed by atoms with Gasteiger partial charge in [-0.15, -0.1) is 0 Å². The van der Waals surface area contributed by atoms with E-state index < -0.39 is 53.8 Å². The summed E-state index contributed by atoms with van der Waals surface area (Å²) in [5.74, 6) is -2.54. The molecule has 0 saturated carbocycles. The van der Waals surface area contributed by atoms with Crippen LogP contribution in [-0.2, 0) is 28.7 Å². The van der Waals surface area contributed by atoms with E-state index in [1.165, 1.54) is 27.7 Å². The molecule has 200 valence electrons. The maximum atomic E-state index is 13.2. The quantitative estimate of drug-likeness (QED) is 0.178. The van der Waals surface area contributed by atoms with Crippen LogP contribution in [0.25, 0.3) is 0 Å². The van der Waals surface area contributed by atoms with Crippen LogP contribution in [0, 0.1) is 11.8 Å². The third kappa shape index (κ3) is 8.88. The molecule has 4 amide bonds. The Labute approximate surface area is 220 Å². The Morgan fingerprint density at radius 2 is 1.64 bits per heavy atom. The SMILES string of the molecule is CC=C1NC(=O)C2CSSCCC=C[C@H](CC(=O)NC(C(C)C)C(=O)N2)OC(=O)[C@H](C(C)C)NC1=O. The highest BCUT2D eigenvalue weighted by Gasteiger charge is 2.33. The van der Waals surface area contributed by atoms with Gasteiger partial charge in [0.15, 0.2) is 0 Å². The molecular formula is C24H36N4O6S2. The summed E-state index contributed by atoms with van der Waals surface area (Å²) in [5.41, 5.74) is -0.0445. The fourth-order valence-corrected chi connectivity index (χ4v) is 5.66. The summed E-state index contributed by atoms with van der Waals surface area (Å²) in [6.07, 6.45) is 4.51. The number of nitrogens with one attached hydrogen (secondary N) is 4. The van der Waals surface area contributed by atoms with Gasteiger partial charge in [-0.2, -0.15) is 0 Å². The molecule has 2 aliphatic rings. The Hall–Kier alpha value is -2.47. The van der Waals surface area contributed by atoms with Crippen LogP contribution in [0.2, 0.25) is 0 Å². The molecule has 4 N–H and O–H groups in total. The average molecular weight is 541 g/mol. The van der Waals surface area contributed by atoms with E-state index in [4.69, 9.17) is 4.74 Å². The summed E-state index contributed by atoms with van der Waals surface area (Å²) in [4.78, 5) is 65.2. The largest absolute Gasteiger partial charge is 0.456 e. The molecular weight excluding hydrogens is 504 g/mol. The van der Waals surface area contributed by atoms with Crippen molar-refractivity contribution in [2.24, 2.45) is 11.8 Å². The van der Waals surface area contributed by atoms with Gasteiger partial charge >= 0.3 is 5.97 Å². The van der Waals surface area contributed by atoms with Crippen LogP contribution in [-0.4, -0.2) is 65.3 Å². The minimum absolute atomic E-state index is 0.0445. The molecule has 0 aromatic heterocycles. The summed E-state index contributed by atoms with van der Waals surface area (Å²) >= 11 is 0. The first-order valence-corrected chi connectivity index (χ1v) is 14.5. The van der Waals surface area contributed by atoms with E-state index in [-0.39, 0.29) is 29.7 Å². The number of rotatable bonds is 2. The normalized spacial score (nSPS) is 28.8. The van der Waals surface area contributed by atoms with Gasteiger partial charge in [0.05, 0.1) is 6.42 Å². The molecule has 1 fully saturated rings. The van der Waals surface area contributed by atoms with E-state index in [0.717, 1.165) is 0 Å². The Morgan fingerprint density at radius 1 is 0.944 bits per heavy atom. The summed E-state index contributed by atoms with van der Waals surface area (Å²) < 4.78 is 5.65. The number of amides is 4. The summed E-state index contributed by atoms with van der Waals surface area (Å²) in [6, 6.07) is -2.86. The molecule has 36 heavy (non-hydrogen) atoms. The number of fused-ring (bicyclic) bond motifs is 7. The van der Waals surface area contributed by atoms with E-state index in [0.29, 0.717) is 12.2 Å². The number of carbonyl (C=O) groups excluding carboxylic acids is 5. The first-order chi connectivity index (χ1) is 17.0. The van der Waals surface area contributed by atoms with Crippen LogP contribution in [0.15, 0.2) is 23.9 Å². The summed E-state index contributed by atoms with van der Waals surface area (Å²) in [7, 11) is 2.95. The second-order valence-electron chi connectivity index (χ2n) is 9.24. The van der Waals surface area contributed by atoms with Gasteiger partial charge in [-0.1, -0.05) is 61.4 Å². The Bertz CT molecular complexity index is 905. The van der Waals surface area contributed by atoms with Crippen LogP contribution < -0.4 is 21.3 Å². The highest BCUT2D eigenvalue weighted by molar-refractivity contribution is 8.76. The molecule has 2 bridgehead atoms. The molecule has 0 aromatic carbocycles. The van der Waals surface area contributed by atoms with Gasteiger partial charge in [0.25, 0.3) is 5.91 Å². The zero-order chi connectivity index (χ0) is 26.8. The van der Waals surface area contributed by atoms with Crippen molar-refractivity contribution < 1.29 is 28.7 Å². The van der Waals surface area contributed by atoms with Crippen molar-refractivity contribution >= 4 is 51.2 Å². The number of hydrogen-bond acceptors (Lipinski definition) is 8. The van der Waals surface area contributed by atoms with Crippen LogP contribution in [0.1, 0.15) is 47.5 Å². The first-order valence-electron chi connectivity index (χ1n) is 12.0. The zero-order valence-corrected chi connectivity index (χ0v) is 22.9. The van der Waals surface area contributed by atoms with Crippen LogP contribution >= 0.6 is 21.6 Å². The Balaban J connectivity index is 2.55. The molecule has 12 heteroatoms. The lowest BCUT2D eigenvalue weighted by molar-refractivity contribution is -0.153. The molecule has 0 aliphatic carbocycles. The van der Waals surface area contributed by atoms with E-state index in [9.17, 15) is 24.0 Å².